The highest BCUT2D eigenvalue weighted by atomic mass is 19.4. The second-order valence-electron chi connectivity index (χ2n) is 4.59. The predicted molar refractivity (Wildman–Crippen MR) is 57.3 cm³/mol. The van der Waals surface area contributed by atoms with Gasteiger partial charge in [0, 0.05) is 6.54 Å². The molecule has 0 bridgehead atoms. The quantitative estimate of drug-likeness (QED) is 0.715. The van der Waals surface area contributed by atoms with E-state index in [4.69, 9.17) is 5.73 Å². The van der Waals surface area contributed by atoms with Crippen LogP contribution in [0, 0.1) is 5.41 Å². The van der Waals surface area contributed by atoms with E-state index >= 15 is 0 Å². The van der Waals surface area contributed by atoms with Crippen LogP contribution in [0.3, 0.4) is 0 Å². The summed E-state index contributed by atoms with van der Waals surface area (Å²) < 4.78 is 39.4. The van der Waals surface area contributed by atoms with Crippen molar-refractivity contribution in [3.05, 3.63) is 0 Å². The van der Waals surface area contributed by atoms with Gasteiger partial charge in [-0.2, -0.15) is 13.2 Å². The number of hydrogen-bond donors (Lipinski definition) is 2. The summed E-state index contributed by atoms with van der Waals surface area (Å²) in [6, 6.07) is 0. The Hall–Kier alpha value is -0.820. The minimum Gasteiger partial charge on any atom is -0.362 e. The lowest BCUT2D eigenvalue weighted by Crippen LogP contribution is -2.37. The van der Waals surface area contributed by atoms with Gasteiger partial charge in [0.2, 0.25) is 5.91 Å². The van der Waals surface area contributed by atoms with Gasteiger partial charge in [-0.25, -0.2) is 0 Å². The summed E-state index contributed by atoms with van der Waals surface area (Å²) in [5, 5.41) is 2.51. The summed E-state index contributed by atoms with van der Waals surface area (Å²) in [7, 11) is 0. The molecule has 0 unspecified atom stereocenters. The van der Waals surface area contributed by atoms with E-state index in [0.717, 1.165) is 6.42 Å². The first-order chi connectivity index (χ1) is 7.66. The number of hydrogen-bond acceptors (Lipinski definition) is 3. The molecule has 0 fully saturated rings. The zero-order valence-electron chi connectivity index (χ0n) is 10.1. The molecule has 0 aromatic heterocycles. The molecule has 0 saturated heterocycles. The maximum atomic E-state index is 11.7. The van der Waals surface area contributed by atoms with Crippen molar-refractivity contribution in [1.82, 2.24) is 5.32 Å². The molecule has 0 radical (unpaired) electrons. The van der Waals surface area contributed by atoms with Gasteiger partial charge >= 0.3 is 6.18 Å². The number of carbonyl (C=O) groups excluding carboxylic acids is 1. The third kappa shape index (κ3) is 10.1. The Morgan fingerprint density at radius 3 is 2.41 bits per heavy atom. The Balaban J connectivity index is 3.73. The van der Waals surface area contributed by atoms with Crippen LogP contribution in [0.2, 0.25) is 0 Å². The minimum absolute atomic E-state index is 0.172. The summed E-state index contributed by atoms with van der Waals surface area (Å²) in [6.45, 7) is 2.68. The molecule has 0 aromatic carbocycles. The van der Waals surface area contributed by atoms with Gasteiger partial charge in [0.1, 0.15) is 13.2 Å². The fraction of sp³-hybridized carbons (Fsp3) is 0.900. The number of rotatable bonds is 7. The summed E-state index contributed by atoms with van der Waals surface area (Å²) in [5.74, 6) is -0.556. The Morgan fingerprint density at radius 1 is 1.35 bits per heavy atom. The zero-order valence-corrected chi connectivity index (χ0v) is 10.1. The number of halogens is 3. The summed E-state index contributed by atoms with van der Waals surface area (Å²) >= 11 is 0. The van der Waals surface area contributed by atoms with Crippen molar-refractivity contribution in [3.8, 4) is 0 Å². The van der Waals surface area contributed by atoms with Crippen molar-refractivity contribution < 1.29 is 22.7 Å². The normalized spacial score (nSPS) is 12.6. The largest absolute Gasteiger partial charge is 0.411 e. The van der Waals surface area contributed by atoms with E-state index in [1.165, 1.54) is 0 Å². The van der Waals surface area contributed by atoms with Gasteiger partial charge in [0.15, 0.2) is 0 Å². The molecule has 0 aliphatic heterocycles. The van der Waals surface area contributed by atoms with Gasteiger partial charge in [-0.15, -0.1) is 0 Å². The number of nitrogens with one attached hydrogen (secondary N) is 1. The molecular formula is C10H19F3N2O2. The molecule has 7 heteroatoms. The van der Waals surface area contributed by atoms with Crippen molar-refractivity contribution in [2.75, 3.05) is 26.3 Å². The predicted octanol–water partition coefficient (Wildman–Crippen LogP) is 1.06. The lowest BCUT2D eigenvalue weighted by atomic mass is 9.89. The first-order valence-corrected chi connectivity index (χ1v) is 5.27. The van der Waals surface area contributed by atoms with Gasteiger partial charge in [0.05, 0.1) is 0 Å². The van der Waals surface area contributed by atoms with Crippen LogP contribution in [-0.4, -0.2) is 38.4 Å². The summed E-state index contributed by atoms with van der Waals surface area (Å²) in [4.78, 5) is 11.1. The molecular weight excluding hydrogens is 237 g/mol. The van der Waals surface area contributed by atoms with Gasteiger partial charge in [-0.3, -0.25) is 4.79 Å². The highest BCUT2D eigenvalue weighted by molar-refractivity contribution is 5.77. The lowest BCUT2D eigenvalue weighted by Gasteiger charge is -2.24. The van der Waals surface area contributed by atoms with Crippen molar-refractivity contribution in [2.24, 2.45) is 11.1 Å². The number of carbonyl (C=O) groups is 1. The molecule has 0 rings (SSSR count). The molecule has 1 amide bonds. The SMILES string of the molecule is CC(C)(CCN)CNC(=O)COCC(F)(F)F. The molecule has 0 aliphatic rings. The van der Waals surface area contributed by atoms with E-state index in [2.05, 4.69) is 10.1 Å². The Labute approximate surface area is 98.7 Å². The molecule has 0 spiro atoms. The number of ether oxygens (including phenoxy) is 1. The Morgan fingerprint density at radius 2 is 1.94 bits per heavy atom. The molecule has 0 atom stereocenters. The van der Waals surface area contributed by atoms with Gasteiger partial charge in [-0.1, -0.05) is 13.8 Å². The maximum Gasteiger partial charge on any atom is 0.411 e. The monoisotopic (exact) mass is 256 g/mol. The van der Waals surface area contributed by atoms with Crippen LogP contribution in [0.15, 0.2) is 0 Å². The van der Waals surface area contributed by atoms with Gasteiger partial charge < -0.3 is 15.8 Å². The molecule has 0 aromatic rings. The van der Waals surface area contributed by atoms with Crippen molar-refractivity contribution in [3.63, 3.8) is 0 Å². The summed E-state index contributed by atoms with van der Waals surface area (Å²) in [5.41, 5.74) is 5.21. The third-order valence-corrected chi connectivity index (χ3v) is 2.08. The molecule has 0 heterocycles. The Kier molecular flexibility index (Phi) is 6.48. The number of amides is 1. The molecule has 0 aliphatic carbocycles. The third-order valence-electron chi connectivity index (χ3n) is 2.08. The first kappa shape index (κ1) is 16.2. The molecule has 3 N–H and O–H groups in total. The van der Waals surface area contributed by atoms with Crippen LogP contribution in [0.5, 0.6) is 0 Å². The van der Waals surface area contributed by atoms with Crippen LogP contribution in [0.1, 0.15) is 20.3 Å². The number of alkyl halides is 3. The van der Waals surface area contributed by atoms with Crippen LogP contribution in [0.4, 0.5) is 13.2 Å². The number of nitrogens with two attached hydrogens (primary N) is 1. The van der Waals surface area contributed by atoms with Crippen molar-refractivity contribution >= 4 is 5.91 Å². The van der Waals surface area contributed by atoms with Crippen molar-refractivity contribution in [2.45, 2.75) is 26.4 Å². The van der Waals surface area contributed by atoms with Crippen LogP contribution in [0.25, 0.3) is 0 Å². The van der Waals surface area contributed by atoms with Crippen LogP contribution >= 0.6 is 0 Å². The topological polar surface area (TPSA) is 64.3 Å². The lowest BCUT2D eigenvalue weighted by molar-refractivity contribution is -0.175. The van der Waals surface area contributed by atoms with Crippen LogP contribution < -0.4 is 11.1 Å². The molecule has 17 heavy (non-hydrogen) atoms. The van der Waals surface area contributed by atoms with Gasteiger partial charge in [0.25, 0.3) is 0 Å². The van der Waals surface area contributed by atoms with E-state index in [0.29, 0.717) is 13.1 Å². The average Bonchev–Trinajstić information content (AvgIpc) is 2.13. The van der Waals surface area contributed by atoms with E-state index < -0.39 is 25.3 Å². The minimum atomic E-state index is -4.40. The standard InChI is InChI=1S/C10H19F3N2O2/c1-9(2,3-4-14)6-15-8(16)5-17-7-10(11,12)13/h3-7,14H2,1-2H3,(H,15,16). The average molecular weight is 256 g/mol. The second kappa shape index (κ2) is 6.80. The van der Waals surface area contributed by atoms with E-state index in [1.807, 2.05) is 13.8 Å². The second-order valence-corrected chi connectivity index (χ2v) is 4.59. The van der Waals surface area contributed by atoms with Crippen molar-refractivity contribution in [1.29, 1.82) is 0 Å². The zero-order chi connectivity index (χ0) is 13.5. The fourth-order valence-corrected chi connectivity index (χ4v) is 1.13. The smallest absolute Gasteiger partial charge is 0.362 e. The van der Waals surface area contributed by atoms with E-state index in [-0.39, 0.29) is 5.41 Å². The van der Waals surface area contributed by atoms with E-state index in [1.54, 1.807) is 0 Å². The summed E-state index contributed by atoms with van der Waals surface area (Å²) in [6.07, 6.45) is -3.68. The maximum absolute atomic E-state index is 11.7. The van der Waals surface area contributed by atoms with Gasteiger partial charge in [-0.05, 0) is 18.4 Å². The molecule has 4 nitrogen and oxygen atoms in total. The molecule has 0 saturated carbocycles. The van der Waals surface area contributed by atoms with E-state index in [9.17, 15) is 18.0 Å². The highest BCUT2D eigenvalue weighted by Gasteiger charge is 2.27. The Bertz CT molecular complexity index is 242. The first-order valence-electron chi connectivity index (χ1n) is 5.27. The molecule has 102 valence electrons. The highest BCUT2D eigenvalue weighted by Crippen LogP contribution is 2.17. The van der Waals surface area contributed by atoms with Crippen LogP contribution in [-0.2, 0) is 9.53 Å². The fourth-order valence-electron chi connectivity index (χ4n) is 1.13.